The van der Waals surface area contributed by atoms with Gasteiger partial charge in [0.1, 0.15) is 0 Å². The lowest BCUT2D eigenvalue weighted by atomic mass is 9.85. The first kappa shape index (κ1) is 15.0. The highest BCUT2D eigenvalue weighted by atomic mass is 15.1. The quantitative estimate of drug-likeness (QED) is 0.630. The number of rotatable bonds is 10. The maximum absolute atomic E-state index is 3.64. The fourth-order valence-electron chi connectivity index (χ4n) is 2.61. The second kappa shape index (κ2) is 8.93. The Hall–Kier alpha value is -0.0800. The molecule has 0 bridgehead atoms. The molecule has 0 amide bonds. The Kier molecular flexibility index (Phi) is 7.87. The molecule has 0 aromatic rings. The standard InChI is InChI=1S/C15H32N2/c1-4-11-16-15(5-2)10-7-12-17(3)13-14-8-6-9-14/h14-16H,4-13H2,1-3H3. The minimum absolute atomic E-state index is 0.743. The number of hydrogen-bond donors (Lipinski definition) is 1. The average Bonchev–Trinajstić information content (AvgIpc) is 2.28. The molecule has 1 fully saturated rings. The van der Waals surface area contributed by atoms with Crippen molar-refractivity contribution in [1.82, 2.24) is 10.2 Å². The molecule has 1 saturated carbocycles. The lowest BCUT2D eigenvalue weighted by molar-refractivity contribution is 0.201. The molecular formula is C15H32N2. The molecule has 0 radical (unpaired) electrons. The molecular weight excluding hydrogens is 208 g/mol. The van der Waals surface area contributed by atoms with E-state index in [0.29, 0.717) is 0 Å². The molecule has 2 heteroatoms. The summed E-state index contributed by atoms with van der Waals surface area (Å²) in [5.74, 6) is 1.01. The zero-order valence-corrected chi connectivity index (χ0v) is 12.2. The van der Waals surface area contributed by atoms with Crippen LogP contribution in [0.15, 0.2) is 0 Å². The largest absolute Gasteiger partial charge is 0.314 e. The predicted octanol–water partition coefficient (Wildman–Crippen LogP) is 3.28. The molecule has 1 atom stereocenters. The second-order valence-corrected chi connectivity index (χ2v) is 5.76. The van der Waals surface area contributed by atoms with Gasteiger partial charge in [-0.1, -0.05) is 20.3 Å². The van der Waals surface area contributed by atoms with Gasteiger partial charge >= 0.3 is 0 Å². The third kappa shape index (κ3) is 6.42. The normalized spacial score (nSPS) is 18.4. The lowest BCUT2D eigenvalue weighted by Gasteiger charge is -2.30. The van der Waals surface area contributed by atoms with Gasteiger partial charge in [-0.2, -0.15) is 0 Å². The van der Waals surface area contributed by atoms with Crippen LogP contribution in [-0.4, -0.2) is 37.6 Å². The zero-order valence-electron chi connectivity index (χ0n) is 12.2. The van der Waals surface area contributed by atoms with E-state index >= 15 is 0 Å². The Morgan fingerprint density at radius 2 is 2.06 bits per heavy atom. The van der Waals surface area contributed by atoms with Crippen molar-refractivity contribution in [2.75, 3.05) is 26.7 Å². The first-order chi connectivity index (χ1) is 8.26. The zero-order chi connectivity index (χ0) is 12.5. The van der Waals surface area contributed by atoms with Gasteiger partial charge in [-0.3, -0.25) is 0 Å². The SMILES string of the molecule is CCCNC(CC)CCCN(C)CC1CCC1. The van der Waals surface area contributed by atoms with Gasteiger partial charge in [-0.25, -0.2) is 0 Å². The van der Waals surface area contributed by atoms with Gasteiger partial charge in [0.2, 0.25) is 0 Å². The summed E-state index contributed by atoms with van der Waals surface area (Å²) in [6.45, 7) is 8.33. The molecule has 1 rings (SSSR count). The minimum Gasteiger partial charge on any atom is -0.314 e. The number of hydrogen-bond acceptors (Lipinski definition) is 2. The van der Waals surface area contributed by atoms with Crippen LogP contribution in [0.1, 0.15) is 58.8 Å². The van der Waals surface area contributed by atoms with Crippen LogP contribution in [0.3, 0.4) is 0 Å². The summed E-state index contributed by atoms with van der Waals surface area (Å²) in [5, 5.41) is 3.64. The molecule has 0 aromatic carbocycles. The van der Waals surface area contributed by atoms with Crippen LogP contribution >= 0.6 is 0 Å². The van der Waals surface area contributed by atoms with E-state index in [1.807, 2.05) is 0 Å². The Balaban J connectivity index is 1.99. The van der Waals surface area contributed by atoms with E-state index in [1.54, 1.807) is 0 Å². The Morgan fingerprint density at radius 3 is 2.59 bits per heavy atom. The van der Waals surface area contributed by atoms with Crippen molar-refractivity contribution in [3.05, 3.63) is 0 Å². The highest BCUT2D eigenvalue weighted by Crippen LogP contribution is 2.26. The summed E-state index contributed by atoms with van der Waals surface area (Å²) >= 11 is 0. The average molecular weight is 240 g/mol. The van der Waals surface area contributed by atoms with Crippen molar-refractivity contribution in [3.63, 3.8) is 0 Å². The van der Waals surface area contributed by atoms with Gasteiger partial charge in [-0.05, 0) is 64.6 Å². The molecule has 0 saturated heterocycles. The Morgan fingerprint density at radius 1 is 1.29 bits per heavy atom. The second-order valence-electron chi connectivity index (χ2n) is 5.76. The summed E-state index contributed by atoms with van der Waals surface area (Å²) in [7, 11) is 2.29. The van der Waals surface area contributed by atoms with Crippen molar-refractivity contribution >= 4 is 0 Å². The predicted molar refractivity (Wildman–Crippen MR) is 76.4 cm³/mol. The van der Waals surface area contributed by atoms with E-state index < -0.39 is 0 Å². The van der Waals surface area contributed by atoms with Crippen molar-refractivity contribution in [2.45, 2.75) is 64.8 Å². The van der Waals surface area contributed by atoms with E-state index in [0.717, 1.165) is 12.0 Å². The molecule has 1 aliphatic carbocycles. The maximum Gasteiger partial charge on any atom is 0.00649 e. The summed E-state index contributed by atoms with van der Waals surface area (Å²) in [6, 6.07) is 0.743. The molecule has 1 N–H and O–H groups in total. The maximum atomic E-state index is 3.64. The highest BCUT2D eigenvalue weighted by Gasteiger charge is 2.18. The first-order valence-corrected chi connectivity index (χ1v) is 7.68. The van der Waals surface area contributed by atoms with Crippen LogP contribution in [0.4, 0.5) is 0 Å². The van der Waals surface area contributed by atoms with Crippen molar-refractivity contribution in [2.24, 2.45) is 5.92 Å². The van der Waals surface area contributed by atoms with Gasteiger partial charge in [0.05, 0.1) is 0 Å². The molecule has 0 spiro atoms. The Bertz CT molecular complexity index is 178. The van der Waals surface area contributed by atoms with Gasteiger partial charge in [0.15, 0.2) is 0 Å². The Labute approximate surface area is 108 Å². The van der Waals surface area contributed by atoms with Crippen LogP contribution in [0, 0.1) is 5.92 Å². The topological polar surface area (TPSA) is 15.3 Å². The van der Waals surface area contributed by atoms with Gasteiger partial charge in [-0.15, -0.1) is 0 Å². The highest BCUT2D eigenvalue weighted by molar-refractivity contribution is 4.73. The molecule has 1 unspecified atom stereocenters. The summed E-state index contributed by atoms with van der Waals surface area (Å²) in [5.41, 5.74) is 0. The molecule has 0 aliphatic heterocycles. The summed E-state index contributed by atoms with van der Waals surface area (Å²) in [6.07, 6.45) is 9.62. The molecule has 17 heavy (non-hydrogen) atoms. The molecule has 102 valence electrons. The van der Waals surface area contributed by atoms with E-state index in [2.05, 4.69) is 31.1 Å². The summed E-state index contributed by atoms with van der Waals surface area (Å²) in [4.78, 5) is 2.54. The molecule has 0 aromatic heterocycles. The van der Waals surface area contributed by atoms with Gasteiger partial charge in [0.25, 0.3) is 0 Å². The van der Waals surface area contributed by atoms with Crippen LogP contribution in [0.25, 0.3) is 0 Å². The van der Waals surface area contributed by atoms with E-state index in [4.69, 9.17) is 0 Å². The fourth-order valence-corrected chi connectivity index (χ4v) is 2.61. The number of nitrogens with zero attached hydrogens (tertiary/aromatic N) is 1. The molecule has 0 heterocycles. The van der Waals surface area contributed by atoms with E-state index in [1.165, 1.54) is 64.6 Å². The third-order valence-electron chi connectivity index (χ3n) is 4.06. The van der Waals surface area contributed by atoms with Gasteiger partial charge < -0.3 is 10.2 Å². The van der Waals surface area contributed by atoms with Crippen molar-refractivity contribution in [1.29, 1.82) is 0 Å². The lowest BCUT2D eigenvalue weighted by Crippen LogP contribution is -2.32. The van der Waals surface area contributed by atoms with Crippen LogP contribution in [-0.2, 0) is 0 Å². The van der Waals surface area contributed by atoms with E-state index in [-0.39, 0.29) is 0 Å². The number of nitrogens with one attached hydrogen (secondary N) is 1. The van der Waals surface area contributed by atoms with Crippen molar-refractivity contribution in [3.8, 4) is 0 Å². The van der Waals surface area contributed by atoms with E-state index in [9.17, 15) is 0 Å². The first-order valence-electron chi connectivity index (χ1n) is 7.68. The minimum atomic E-state index is 0.743. The molecule has 2 nitrogen and oxygen atoms in total. The van der Waals surface area contributed by atoms with Crippen molar-refractivity contribution < 1.29 is 0 Å². The fraction of sp³-hybridized carbons (Fsp3) is 1.00. The van der Waals surface area contributed by atoms with Crippen LogP contribution in [0.5, 0.6) is 0 Å². The van der Waals surface area contributed by atoms with Gasteiger partial charge in [0, 0.05) is 12.6 Å². The monoisotopic (exact) mass is 240 g/mol. The van der Waals surface area contributed by atoms with Crippen LogP contribution < -0.4 is 5.32 Å². The smallest absolute Gasteiger partial charge is 0.00649 e. The summed E-state index contributed by atoms with van der Waals surface area (Å²) < 4.78 is 0. The van der Waals surface area contributed by atoms with Crippen LogP contribution in [0.2, 0.25) is 0 Å². The molecule has 1 aliphatic rings. The third-order valence-corrected chi connectivity index (χ3v) is 4.06.